The number of aliphatic hydroxyl groups is 3. The first kappa shape index (κ1) is 24.8. The van der Waals surface area contributed by atoms with Crippen LogP contribution in [0.4, 0.5) is 0 Å². The molecule has 0 aromatic rings. The summed E-state index contributed by atoms with van der Waals surface area (Å²) in [6.45, 7) is 14.8. The highest BCUT2D eigenvalue weighted by molar-refractivity contribution is 5.86. The van der Waals surface area contributed by atoms with Gasteiger partial charge in [0.25, 0.3) is 0 Å². The zero-order valence-corrected chi connectivity index (χ0v) is 23.0. The van der Waals surface area contributed by atoms with Crippen molar-refractivity contribution in [1.29, 1.82) is 0 Å². The number of ether oxygens (including phenoxy) is 1. The Labute approximate surface area is 211 Å². The topological polar surface area (TPSA) is 87.0 Å². The summed E-state index contributed by atoms with van der Waals surface area (Å²) in [6, 6.07) is 0. The molecule has 11 atom stereocenters. The maximum absolute atomic E-state index is 13.9. The third-order valence-corrected chi connectivity index (χ3v) is 13.5. The number of hydrogen-bond acceptors (Lipinski definition) is 5. The molecule has 1 heterocycles. The highest BCUT2D eigenvalue weighted by Gasteiger charge is 2.85. The fraction of sp³-hybridized carbons (Fsp3) is 0.967. The summed E-state index contributed by atoms with van der Waals surface area (Å²) in [5, 5.41) is 33.2. The van der Waals surface area contributed by atoms with Crippen molar-refractivity contribution >= 4 is 5.78 Å². The highest BCUT2D eigenvalue weighted by Crippen LogP contribution is 2.88. The van der Waals surface area contributed by atoms with E-state index in [1.807, 2.05) is 13.8 Å². The van der Waals surface area contributed by atoms with Crippen molar-refractivity contribution < 1.29 is 24.9 Å². The number of Topliss-reactive ketones (excluding diaryl/α,β-unsaturated/α-hetero) is 1. The Hall–Kier alpha value is -0.490. The number of aliphatic hydroxyl groups excluding tert-OH is 2. The van der Waals surface area contributed by atoms with Crippen LogP contribution in [0.1, 0.15) is 106 Å². The molecule has 0 aromatic heterocycles. The van der Waals surface area contributed by atoms with Crippen molar-refractivity contribution in [1.82, 2.24) is 0 Å². The zero-order chi connectivity index (χ0) is 25.6. The van der Waals surface area contributed by atoms with Crippen molar-refractivity contribution in [2.75, 3.05) is 0 Å². The van der Waals surface area contributed by atoms with E-state index in [9.17, 15) is 20.1 Å². The van der Waals surface area contributed by atoms with Gasteiger partial charge in [-0.3, -0.25) is 4.79 Å². The second-order valence-electron chi connectivity index (χ2n) is 15.7. The van der Waals surface area contributed by atoms with Crippen LogP contribution in [0, 0.1) is 44.8 Å². The van der Waals surface area contributed by atoms with E-state index in [0.717, 1.165) is 51.4 Å². The molecule has 0 amide bonds. The van der Waals surface area contributed by atoms with Crippen LogP contribution >= 0.6 is 0 Å². The van der Waals surface area contributed by atoms with Gasteiger partial charge in [0.05, 0.1) is 29.5 Å². The normalized spacial score (nSPS) is 58.9. The molecule has 2 spiro atoms. The second kappa shape index (κ2) is 6.74. The van der Waals surface area contributed by atoms with Gasteiger partial charge >= 0.3 is 0 Å². The number of ketones is 1. The molecule has 6 rings (SSSR count). The lowest BCUT2D eigenvalue weighted by Crippen LogP contribution is -2.61. The fourth-order valence-corrected chi connectivity index (χ4v) is 11.8. The highest BCUT2D eigenvalue weighted by atomic mass is 16.5. The van der Waals surface area contributed by atoms with Crippen LogP contribution in [-0.2, 0) is 9.53 Å². The van der Waals surface area contributed by atoms with Gasteiger partial charge in [0.2, 0.25) is 0 Å². The molecular weight excluding hydrogens is 440 g/mol. The largest absolute Gasteiger partial charge is 0.393 e. The summed E-state index contributed by atoms with van der Waals surface area (Å²) in [6.07, 6.45) is 6.97. The Bertz CT molecular complexity index is 953. The molecule has 6 aliphatic rings. The Morgan fingerprint density at radius 1 is 0.914 bits per heavy atom. The molecule has 5 nitrogen and oxygen atoms in total. The summed E-state index contributed by atoms with van der Waals surface area (Å²) in [4.78, 5) is 13.9. The van der Waals surface area contributed by atoms with E-state index in [4.69, 9.17) is 4.74 Å². The van der Waals surface area contributed by atoms with Gasteiger partial charge in [-0.25, -0.2) is 0 Å². The van der Waals surface area contributed by atoms with Gasteiger partial charge in [-0.1, -0.05) is 27.7 Å². The van der Waals surface area contributed by atoms with Gasteiger partial charge in [0.1, 0.15) is 5.78 Å². The molecule has 3 N–H and O–H groups in total. The van der Waals surface area contributed by atoms with Crippen molar-refractivity contribution in [2.45, 2.75) is 136 Å². The predicted octanol–water partition coefficient (Wildman–Crippen LogP) is 4.64. The average Bonchev–Trinajstić information content (AvgIpc) is 3.08. The number of fused-ring (bicyclic) bond motifs is 2. The first-order chi connectivity index (χ1) is 16.0. The molecule has 5 saturated carbocycles. The minimum atomic E-state index is -0.897. The Morgan fingerprint density at radius 3 is 2.23 bits per heavy atom. The maximum Gasteiger partial charge on any atom is 0.137 e. The van der Waals surface area contributed by atoms with Gasteiger partial charge in [0.15, 0.2) is 0 Å². The smallest absolute Gasteiger partial charge is 0.137 e. The lowest BCUT2D eigenvalue weighted by atomic mass is 9.41. The summed E-state index contributed by atoms with van der Waals surface area (Å²) in [5.74, 6) is 0.615. The third kappa shape index (κ3) is 2.72. The molecule has 0 unspecified atom stereocenters. The average molecular weight is 489 g/mol. The van der Waals surface area contributed by atoms with Gasteiger partial charge in [-0.15, -0.1) is 0 Å². The Balaban J connectivity index is 1.37. The Kier molecular flexibility index (Phi) is 4.78. The first-order valence-corrected chi connectivity index (χ1v) is 14.3. The number of carbonyl (C=O) groups is 1. The van der Waals surface area contributed by atoms with E-state index >= 15 is 0 Å². The zero-order valence-electron chi connectivity index (χ0n) is 23.0. The van der Waals surface area contributed by atoms with E-state index in [1.54, 1.807) is 0 Å². The molecule has 0 aromatic carbocycles. The maximum atomic E-state index is 13.9. The quantitative estimate of drug-likeness (QED) is 0.527. The standard InChI is InChI=1S/C30H48O5/c1-24(2)20(33)8-11-30-16-29(30)13-12-26(5)23(28(7)10-9-21(35-28)25(3,4)34)18(32)15-27(26,6)19(29)14-17(31)22(24)30/h18-23,32-34H,8-16H2,1-7H3/t18-,19-,20-,21-,22-,23-,26+,27-,28+,29-,30+/m0/s1. The van der Waals surface area contributed by atoms with E-state index < -0.39 is 23.4 Å². The molecule has 0 radical (unpaired) electrons. The van der Waals surface area contributed by atoms with Gasteiger partial charge in [-0.05, 0) is 99.7 Å². The molecule has 5 aliphatic carbocycles. The molecule has 1 saturated heterocycles. The SMILES string of the molecule is CC(C)(O)[C@@H]1CC[C@](C)([C@H]2[C@@H](O)C[C@@]3(C)[C@@H]4CC(=O)[C@H]5C(C)(C)[C@@H](O)CC[C@@]56C[C@@]46CC[C@]23C)O1. The lowest BCUT2D eigenvalue weighted by molar-refractivity contribution is -0.196. The van der Waals surface area contributed by atoms with E-state index in [1.165, 1.54) is 0 Å². The van der Waals surface area contributed by atoms with Gasteiger partial charge in [0, 0.05) is 23.7 Å². The van der Waals surface area contributed by atoms with Gasteiger partial charge < -0.3 is 20.1 Å². The van der Waals surface area contributed by atoms with Crippen LogP contribution in [0.2, 0.25) is 0 Å². The third-order valence-electron chi connectivity index (χ3n) is 13.5. The summed E-state index contributed by atoms with van der Waals surface area (Å²) >= 11 is 0. The monoisotopic (exact) mass is 488 g/mol. The minimum absolute atomic E-state index is 0.00292. The molecule has 198 valence electrons. The van der Waals surface area contributed by atoms with Crippen LogP contribution in [0.5, 0.6) is 0 Å². The van der Waals surface area contributed by atoms with Crippen LogP contribution in [-0.4, -0.2) is 50.6 Å². The lowest BCUT2D eigenvalue weighted by Gasteiger charge is -2.63. The molecule has 5 heteroatoms. The van der Waals surface area contributed by atoms with Crippen LogP contribution in [0.3, 0.4) is 0 Å². The predicted molar refractivity (Wildman–Crippen MR) is 133 cm³/mol. The molecular formula is C30H48O5. The van der Waals surface area contributed by atoms with Crippen LogP contribution in [0.25, 0.3) is 0 Å². The summed E-state index contributed by atoms with van der Waals surface area (Å²) < 4.78 is 6.64. The molecule has 1 aliphatic heterocycles. The minimum Gasteiger partial charge on any atom is -0.393 e. The van der Waals surface area contributed by atoms with Crippen molar-refractivity contribution in [2.24, 2.45) is 44.8 Å². The van der Waals surface area contributed by atoms with E-state index in [2.05, 4.69) is 34.6 Å². The molecule has 35 heavy (non-hydrogen) atoms. The number of carbonyl (C=O) groups excluding carboxylic acids is 1. The second-order valence-corrected chi connectivity index (χ2v) is 15.7. The Morgan fingerprint density at radius 2 is 1.60 bits per heavy atom. The van der Waals surface area contributed by atoms with Crippen LogP contribution in [0.15, 0.2) is 0 Å². The van der Waals surface area contributed by atoms with Crippen molar-refractivity contribution in [3.63, 3.8) is 0 Å². The van der Waals surface area contributed by atoms with Crippen LogP contribution < -0.4 is 0 Å². The van der Waals surface area contributed by atoms with Crippen molar-refractivity contribution in [3.8, 4) is 0 Å². The summed E-state index contributed by atoms with van der Waals surface area (Å²) in [7, 11) is 0. The summed E-state index contributed by atoms with van der Waals surface area (Å²) in [5.41, 5.74) is -1.75. The van der Waals surface area contributed by atoms with Gasteiger partial charge in [-0.2, -0.15) is 0 Å². The van der Waals surface area contributed by atoms with Crippen molar-refractivity contribution in [3.05, 3.63) is 0 Å². The van der Waals surface area contributed by atoms with E-state index in [0.29, 0.717) is 18.1 Å². The number of rotatable bonds is 2. The molecule has 6 fully saturated rings. The first-order valence-electron chi connectivity index (χ1n) is 14.3. The fourth-order valence-electron chi connectivity index (χ4n) is 11.8. The molecule has 0 bridgehead atoms. The van der Waals surface area contributed by atoms with E-state index in [-0.39, 0.29) is 45.0 Å². The number of hydrogen-bond donors (Lipinski definition) is 3.